The van der Waals surface area contributed by atoms with Crippen LogP contribution in [0, 0.1) is 6.92 Å². The summed E-state index contributed by atoms with van der Waals surface area (Å²) in [7, 11) is 0. The molecule has 0 radical (unpaired) electrons. The number of rotatable bonds is 3. The molecule has 0 spiro atoms. The quantitative estimate of drug-likeness (QED) is 0.897. The Morgan fingerprint density at radius 2 is 2.11 bits per heavy atom. The van der Waals surface area contributed by atoms with Crippen LogP contribution in [0.25, 0.3) is 0 Å². The second-order valence-electron chi connectivity index (χ2n) is 4.57. The van der Waals surface area contributed by atoms with Gasteiger partial charge in [-0.3, -0.25) is 0 Å². The molecule has 1 aliphatic rings. The topological polar surface area (TPSA) is 59.6 Å². The molecule has 1 saturated heterocycles. The molecule has 0 aromatic heterocycles. The van der Waals surface area contributed by atoms with Crippen molar-refractivity contribution in [2.75, 3.05) is 25.1 Å². The fraction of sp³-hybridized carbons (Fsp3) is 0.462. The zero-order valence-electron chi connectivity index (χ0n) is 11.0. The highest BCUT2D eigenvalue weighted by atomic mass is 35.5. The summed E-state index contributed by atoms with van der Waals surface area (Å²) in [5.41, 5.74) is 1.52. The van der Waals surface area contributed by atoms with E-state index in [2.05, 4.69) is 10.6 Å². The number of urea groups is 1. The van der Waals surface area contributed by atoms with Crippen LogP contribution in [0.4, 0.5) is 10.5 Å². The highest BCUT2D eigenvalue weighted by Gasteiger charge is 2.31. The molecule has 1 aromatic carbocycles. The van der Waals surface area contributed by atoms with Crippen molar-refractivity contribution in [3.05, 3.63) is 28.8 Å². The van der Waals surface area contributed by atoms with E-state index in [0.29, 0.717) is 23.9 Å². The second kappa shape index (κ2) is 5.77. The van der Waals surface area contributed by atoms with Crippen LogP contribution in [0.1, 0.15) is 12.5 Å². The molecule has 2 N–H and O–H groups in total. The zero-order valence-corrected chi connectivity index (χ0v) is 11.7. The van der Waals surface area contributed by atoms with E-state index in [1.165, 1.54) is 0 Å². The van der Waals surface area contributed by atoms with Crippen molar-refractivity contribution in [2.24, 2.45) is 0 Å². The lowest BCUT2D eigenvalue weighted by molar-refractivity contribution is -0.136. The standard InChI is InChI=1S/C13H17ClN2O3/c1-9-4-3-5-10(14)11(9)16-12(17)15-8-13(2)18-6-7-19-13/h3-5H,6-8H2,1-2H3,(H2,15,16,17). The third-order valence-corrected chi connectivity index (χ3v) is 3.24. The Kier molecular flexibility index (Phi) is 4.29. The van der Waals surface area contributed by atoms with Gasteiger partial charge in [0.25, 0.3) is 0 Å². The molecule has 6 heteroatoms. The van der Waals surface area contributed by atoms with Crippen LogP contribution in [-0.2, 0) is 9.47 Å². The predicted molar refractivity (Wildman–Crippen MR) is 73.5 cm³/mol. The number of nitrogens with one attached hydrogen (secondary N) is 2. The summed E-state index contributed by atoms with van der Waals surface area (Å²) in [6.45, 7) is 5.04. The number of hydrogen-bond donors (Lipinski definition) is 2. The molecule has 2 amide bonds. The Balaban J connectivity index is 1.91. The Bertz CT molecular complexity index is 453. The molecule has 104 valence electrons. The van der Waals surface area contributed by atoms with Gasteiger partial charge in [-0.1, -0.05) is 23.7 Å². The van der Waals surface area contributed by atoms with Gasteiger partial charge in [0, 0.05) is 0 Å². The fourth-order valence-electron chi connectivity index (χ4n) is 1.85. The van der Waals surface area contributed by atoms with Crippen molar-refractivity contribution in [3.63, 3.8) is 0 Å². The second-order valence-corrected chi connectivity index (χ2v) is 4.98. The van der Waals surface area contributed by atoms with Crippen LogP contribution < -0.4 is 10.6 Å². The first kappa shape index (κ1) is 14.1. The molecular weight excluding hydrogens is 268 g/mol. The molecule has 1 aromatic rings. The summed E-state index contributed by atoms with van der Waals surface area (Å²) in [5.74, 6) is -0.743. The molecule has 1 heterocycles. The van der Waals surface area contributed by atoms with E-state index < -0.39 is 5.79 Å². The maximum Gasteiger partial charge on any atom is 0.319 e. The number of halogens is 1. The largest absolute Gasteiger partial charge is 0.346 e. The van der Waals surface area contributed by atoms with Gasteiger partial charge in [-0.15, -0.1) is 0 Å². The molecule has 0 aliphatic carbocycles. The Labute approximate surface area is 117 Å². The van der Waals surface area contributed by atoms with Crippen LogP contribution >= 0.6 is 11.6 Å². The van der Waals surface area contributed by atoms with Crippen molar-refractivity contribution < 1.29 is 14.3 Å². The first-order valence-corrected chi connectivity index (χ1v) is 6.46. The van der Waals surface area contributed by atoms with Gasteiger partial charge >= 0.3 is 6.03 Å². The van der Waals surface area contributed by atoms with E-state index in [9.17, 15) is 4.79 Å². The van der Waals surface area contributed by atoms with Gasteiger partial charge < -0.3 is 20.1 Å². The molecule has 5 nitrogen and oxygen atoms in total. The molecule has 0 unspecified atom stereocenters. The van der Waals surface area contributed by atoms with Gasteiger partial charge in [-0.2, -0.15) is 0 Å². The normalized spacial score (nSPS) is 17.2. The molecule has 1 aliphatic heterocycles. The molecule has 0 saturated carbocycles. The van der Waals surface area contributed by atoms with Crippen molar-refractivity contribution in [1.29, 1.82) is 0 Å². The SMILES string of the molecule is Cc1cccc(Cl)c1NC(=O)NCC1(C)OCCO1. The monoisotopic (exact) mass is 284 g/mol. The molecule has 2 rings (SSSR count). The van der Waals surface area contributed by atoms with Crippen LogP contribution in [0.3, 0.4) is 0 Å². The van der Waals surface area contributed by atoms with Crippen molar-refractivity contribution in [1.82, 2.24) is 5.32 Å². The van der Waals surface area contributed by atoms with E-state index in [1.54, 1.807) is 13.0 Å². The van der Waals surface area contributed by atoms with Crippen LogP contribution in [-0.4, -0.2) is 31.6 Å². The van der Waals surface area contributed by atoms with Gasteiger partial charge in [0.15, 0.2) is 5.79 Å². The summed E-state index contributed by atoms with van der Waals surface area (Å²) >= 11 is 6.04. The summed E-state index contributed by atoms with van der Waals surface area (Å²) in [6, 6.07) is 5.11. The molecule has 19 heavy (non-hydrogen) atoms. The van der Waals surface area contributed by atoms with E-state index in [1.807, 2.05) is 19.1 Å². The third kappa shape index (κ3) is 3.59. The van der Waals surface area contributed by atoms with E-state index >= 15 is 0 Å². The number of aryl methyl sites for hydroxylation is 1. The minimum absolute atomic E-state index is 0.280. The highest BCUT2D eigenvalue weighted by molar-refractivity contribution is 6.33. The average molecular weight is 285 g/mol. The Morgan fingerprint density at radius 1 is 1.42 bits per heavy atom. The Hall–Kier alpha value is -1.30. The number of benzene rings is 1. The number of amides is 2. The maximum absolute atomic E-state index is 11.8. The van der Waals surface area contributed by atoms with E-state index in [-0.39, 0.29) is 12.6 Å². The number of ether oxygens (including phenoxy) is 2. The summed E-state index contributed by atoms with van der Waals surface area (Å²) < 4.78 is 10.8. The number of carbonyl (C=O) groups excluding carboxylic acids is 1. The van der Waals surface area contributed by atoms with Gasteiger partial charge in [0.2, 0.25) is 0 Å². The third-order valence-electron chi connectivity index (χ3n) is 2.93. The summed E-state index contributed by atoms with van der Waals surface area (Å²) in [5, 5.41) is 5.94. The van der Waals surface area contributed by atoms with Crippen LogP contribution in [0.15, 0.2) is 18.2 Å². The van der Waals surface area contributed by atoms with E-state index in [0.717, 1.165) is 5.56 Å². The Morgan fingerprint density at radius 3 is 2.74 bits per heavy atom. The molecule has 0 atom stereocenters. The van der Waals surface area contributed by atoms with Gasteiger partial charge in [-0.05, 0) is 25.5 Å². The number of hydrogen-bond acceptors (Lipinski definition) is 3. The summed E-state index contributed by atoms with van der Waals surface area (Å²) in [4.78, 5) is 11.8. The number of para-hydroxylation sites is 1. The van der Waals surface area contributed by atoms with Crippen molar-refractivity contribution >= 4 is 23.3 Å². The molecular formula is C13H17ClN2O3. The van der Waals surface area contributed by atoms with Gasteiger partial charge in [0.1, 0.15) is 0 Å². The average Bonchev–Trinajstić information content (AvgIpc) is 2.79. The lowest BCUT2D eigenvalue weighted by Crippen LogP contribution is -2.43. The smallest absolute Gasteiger partial charge is 0.319 e. The fourth-order valence-corrected chi connectivity index (χ4v) is 2.12. The lowest BCUT2D eigenvalue weighted by Gasteiger charge is -2.22. The lowest BCUT2D eigenvalue weighted by atomic mass is 10.2. The minimum Gasteiger partial charge on any atom is -0.346 e. The molecule has 1 fully saturated rings. The first-order valence-electron chi connectivity index (χ1n) is 6.08. The number of carbonyl (C=O) groups is 1. The van der Waals surface area contributed by atoms with Gasteiger partial charge in [0.05, 0.1) is 30.5 Å². The molecule has 0 bridgehead atoms. The van der Waals surface area contributed by atoms with Crippen LogP contribution in [0.2, 0.25) is 5.02 Å². The predicted octanol–water partition coefficient (Wildman–Crippen LogP) is 2.53. The van der Waals surface area contributed by atoms with Crippen molar-refractivity contribution in [3.8, 4) is 0 Å². The maximum atomic E-state index is 11.8. The van der Waals surface area contributed by atoms with E-state index in [4.69, 9.17) is 21.1 Å². The first-order chi connectivity index (χ1) is 9.00. The summed E-state index contributed by atoms with van der Waals surface area (Å²) in [6.07, 6.45) is 0. The van der Waals surface area contributed by atoms with Gasteiger partial charge in [-0.25, -0.2) is 4.79 Å². The van der Waals surface area contributed by atoms with Crippen molar-refractivity contribution in [2.45, 2.75) is 19.6 Å². The highest BCUT2D eigenvalue weighted by Crippen LogP contribution is 2.25. The zero-order chi connectivity index (χ0) is 13.9. The minimum atomic E-state index is -0.743. The van der Waals surface area contributed by atoms with Crippen LogP contribution in [0.5, 0.6) is 0 Å². The number of anilines is 1.